The molecule has 1 saturated heterocycles. The molecule has 1 aliphatic heterocycles. The third-order valence-electron chi connectivity index (χ3n) is 3.01. The predicted octanol–water partition coefficient (Wildman–Crippen LogP) is 1.27. The van der Waals surface area contributed by atoms with Crippen LogP contribution in [-0.2, 0) is 11.3 Å². The van der Waals surface area contributed by atoms with Gasteiger partial charge in [-0.15, -0.1) is 0 Å². The standard InChI is InChI=1S/C12H19N3O/c1-16-11-5-3-7-15(9-11)8-10-4-2-6-12(13)14-10/h2,4,6,11H,3,5,7-9H2,1H3,(H2,13,14). The van der Waals surface area contributed by atoms with Gasteiger partial charge in [-0.1, -0.05) is 6.07 Å². The van der Waals surface area contributed by atoms with Crippen LogP contribution in [0.25, 0.3) is 0 Å². The van der Waals surface area contributed by atoms with Crippen LogP contribution < -0.4 is 5.73 Å². The Morgan fingerprint density at radius 3 is 3.19 bits per heavy atom. The first-order chi connectivity index (χ1) is 7.78. The first kappa shape index (κ1) is 11.4. The summed E-state index contributed by atoms with van der Waals surface area (Å²) in [7, 11) is 1.78. The highest BCUT2D eigenvalue weighted by atomic mass is 16.5. The van der Waals surface area contributed by atoms with E-state index in [-0.39, 0.29) is 0 Å². The number of ether oxygens (including phenoxy) is 1. The third-order valence-corrected chi connectivity index (χ3v) is 3.01. The van der Waals surface area contributed by atoms with Gasteiger partial charge >= 0.3 is 0 Å². The summed E-state index contributed by atoms with van der Waals surface area (Å²) in [6.07, 6.45) is 2.73. The van der Waals surface area contributed by atoms with E-state index in [1.165, 1.54) is 6.42 Å². The second kappa shape index (κ2) is 5.27. The summed E-state index contributed by atoms with van der Waals surface area (Å²) >= 11 is 0. The van der Waals surface area contributed by atoms with Crippen molar-refractivity contribution in [3.05, 3.63) is 23.9 Å². The maximum absolute atomic E-state index is 5.66. The summed E-state index contributed by atoms with van der Waals surface area (Å²) in [6, 6.07) is 5.79. The number of anilines is 1. The molecule has 88 valence electrons. The third kappa shape index (κ3) is 2.93. The number of hydrogen-bond acceptors (Lipinski definition) is 4. The van der Waals surface area contributed by atoms with Crippen LogP contribution in [0, 0.1) is 0 Å². The molecule has 1 atom stereocenters. The summed E-state index contributed by atoms with van der Waals surface area (Å²) in [5.74, 6) is 0.595. The molecule has 0 saturated carbocycles. The van der Waals surface area contributed by atoms with Crippen molar-refractivity contribution in [2.45, 2.75) is 25.5 Å². The monoisotopic (exact) mass is 221 g/mol. The second-order valence-electron chi connectivity index (χ2n) is 4.29. The molecule has 2 N–H and O–H groups in total. The van der Waals surface area contributed by atoms with Gasteiger partial charge in [0.05, 0.1) is 11.8 Å². The fraction of sp³-hybridized carbons (Fsp3) is 0.583. The SMILES string of the molecule is COC1CCCN(Cc2cccc(N)n2)C1. The molecule has 0 aromatic carbocycles. The number of piperidine rings is 1. The van der Waals surface area contributed by atoms with Gasteiger partial charge < -0.3 is 10.5 Å². The van der Waals surface area contributed by atoms with Gasteiger partial charge in [0.1, 0.15) is 5.82 Å². The number of pyridine rings is 1. The zero-order valence-corrected chi connectivity index (χ0v) is 9.72. The molecule has 1 aliphatic rings. The van der Waals surface area contributed by atoms with E-state index in [4.69, 9.17) is 10.5 Å². The number of nitrogens with two attached hydrogens (primary N) is 1. The van der Waals surface area contributed by atoms with E-state index in [1.54, 1.807) is 7.11 Å². The Labute approximate surface area is 96.4 Å². The molecular weight excluding hydrogens is 202 g/mol. The molecule has 16 heavy (non-hydrogen) atoms. The topological polar surface area (TPSA) is 51.4 Å². The summed E-state index contributed by atoms with van der Waals surface area (Å²) in [4.78, 5) is 6.69. The van der Waals surface area contributed by atoms with Gasteiger partial charge in [0, 0.05) is 20.2 Å². The first-order valence-corrected chi connectivity index (χ1v) is 5.74. The van der Waals surface area contributed by atoms with E-state index in [1.807, 2.05) is 18.2 Å². The van der Waals surface area contributed by atoms with Crippen molar-refractivity contribution in [3.63, 3.8) is 0 Å². The van der Waals surface area contributed by atoms with Crippen molar-refractivity contribution in [2.75, 3.05) is 25.9 Å². The lowest BCUT2D eigenvalue weighted by molar-refractivity contribution is 0.0281. The molecule has 1 aromatic rings. The average molecular weight is 221 g/mol. The summed E-state index contributed by atoms with van der Waals surface area (Å²) in [5.41, 5.74) is 6.70. The van der Waals surface area contributed by atoms with Gasteiger partial charge in [-0.2, -0.15) is 0 Å². The van der Waals surface area contributed by atoms with Gasteiger partial charge in [-0.05, 0) is 31.5 Å². The molecule has 0 aliphatic carbocycles. The lowest BCUT2D eigenvalue weighted by Crippen LogP contribution is -2.38. The van der Waals surface area contributed by atoms with Crippen molar-refractivity contribution < 1.29 is 4.74 Å². The number of methoxy groups -OCH3 is 1. The number of likely N-dealkylation sites (tertiary alicyclic amines) is 1. The highest BCUT2D eigenvalue weighted by Crippen LogP contribution is 2.15. The summed E-state index contributed by atoms with van der Waals surface area (Å²) in [5, 5.41) is 0. The molecule has 4 nitrogen and oxygen atoms in total. The van der Waals surface area contributed by atoms with Crippen LogP contribution in [0.15, 0.2) is 18.2 Å². The minimum atomic E-state index is 0.370. The number of aromatic nitrogens is 1. The van der Waals surface area contributed by atoms with E-state index in [0.717, 1.165) is 31.7 Å². The maximum atomic E-state index is 5.66. The van der Waals surface area contributed by atoms with Crippen molar-refractivity contribution in [3.8, 4) is 0 Å². The van der Waals surface area contributed by atoms with Crippen LogP contribution in [0.2, 0.25) is 0 Å². The highest BCUT2D eigenvalue weighted by molar-refractivity contribution is 5.28. The number of rotatable bonds is 3. The molecule has 2 rings (SSSR count). The molecule has 2 heterocycles. The molecule has 0 bridgehead atoms. The van der Waals surface area contributed by atoms with Crippen molar-refractivity contribution in [2.24, 2.45) is 0 Å². The Kier molecular flexibility index (Phi) is 3.74. The fourth-order valence-electron chi connectivity index (χ4n) is 2.16. The Hall–Kier alpha value is -1.13. The van der Waals surface area contributed by atoms with Crippen molar-refractivity contribution >= 4 is 5.82 Å². The Balaban J connectivity index is 1.94. The number of hydrogen-bond donors (Lipinski definition) is 1. The van der Waals surface area contributed by atoms with E-state index >= 15 is 0 Å². The minimum absolute atomic E-state index is 0.370. The Bertz CT molecular complexity index is 343. The smallest absolute Gasteiger partial charge is 0.123 e. The molecular formula is C12H19N3O. The Morgan fingerprint density at radius 1 is 1.56 bits per heavy atom. The van der Waals surface area contributed by atoms with E-state index < -0.39 is 0 Å². The van der Waals surface area contributed by atoms with Gasteiger partial charge in [0.2, 0.25) is 0 Å². The van der Waals surface area contributed by atoms with Gasteiger partial charge in [0.25, 0.3) is 0 Å². The van der Waals surface area contributed by atoms with Crippen LogP contribution in [0.4, 0.5) is 5.82 Å². The number of nitrogen functional groups attached to an aromatic ring is 1. The van der Waals surface area contributed by atoms with E-state index in [2.05, 4.69) is 9.88 Å². The molecule has 1 fully saturated rings. The van der Waals surface area contributed by atoms with Gasteiger partial charge in [0.15, 0.2) is 0 Å². The van der Waals surface area contributed by atoms with E-state index in [0.29, 0.717) is 11.9 Å². The zero-order chi connectivity index (χ0) is 11.4. The van der Waals surface area contributed by atoms with Gasteiger partial charge in [-0.3, -0.25) is 4.90 Å². The first-order valence-electron chi connectivity index (χ1n) is 5.74. The van der Waals surface area contributed by atoms with E-state index in [9.17, 15) is 0 Å². The Morgan fingerprint density at radius 2 is 2.44 bits per heavy atom. The number of nitrogens with zero attached hydrogens (tertiary/aromatic N) is 2. The molecule has 1 aromatic heterocycles. The molecule has 4 heteroatoms. The van der Waals surface area contributed by atoms with Crippen molar-refractivity contribution in [1.82, 2.24) is 9.88 Å². The molecule has 1 unspecified atom stereocenters. The van der Waals surface area contributed by atoms with Gasteiger partial charge in [-0.25, -0.2) is 4.98 Å². The predicted molar refractivity (Wildman–Crippen MR) is 64.0 cm³/mol. The van der Waals surface area contributed by atoms with Crippen LogP contribution in [0.1, 0.15) is 18.5 Å². The van der Waals surface area contributed by atoms with Crippen LogP contribution in [0.3, 0.4) is 0 Å². The highest BCUT2D eigenvalue weighted by Gasteiger charge is 2.19. The quantitative estimate of drug-likeness (QED) is 0.835. The molecule has 0 amide bonds. The second-order valence-corrected chi connectivity index (χ2v) is 4.29. The van der Waals surface area contributed by atoms with Crippen LogP contribution in [0.5, 0.6) is 0 Å². The maximum Gasteiger partial charge on any atom is 0.123 e. The molecule has 0 radical (unpaired) electrons. The summed E-state index contributed by atoms with van der Waals surface area (Å²) < 4.78 is 5.40. The lowest BCUT2D eigenvalue weighted by Gasteiger charge is -2.31. The fourth-order valence-corrected chi connectivity index (χ4v) is 2.16. The average Bonchev–Trinajstić information content (AvgIpc) is 2.29. The lowest BCUT2D eigenvalue weighted by atomic mass is 10.1. The minimum Gasteiger partial charge on any atom is -0.384 e. The van der Waals surface area contributed by atoms with Crippen LogP contribution in [-0.4, -0.2) is 36.2 Å². The largest absolute Gasteiger partial charge is 0.384 e. The molecule has 0 spiro atoms. The normalized spacial score (nSPS) is 22.2. The van der Waals surface area contributed by atoms with Crippen molar-refractivity contribution in [1.29, 1.82) is 0 Å². The van der Waals surface area contributed by atoms with Crippen LogP contribution >= 0.6 is 0 Å². The zero-order valence-electron chi connectivity index (χ0n) is 9.72. The summed E-state index contributed by atoms with van der Waals surface area (Å²) in [6.45, 7) is 2.98.